The van der Waals surface area contributed by atoms with E-state index in [1.54, 1.807) is 0 Å². The zero-order valence-corrected chi connectivity index (χ0v) is 52.9. The second-order valence-corrected chi connectivity index (χ2v) is 21.8. The van der Waals surface area contributed by atoms with Crippen LogP contribution in [0.4, 0.5) is 0 Å². The van der Waals surface area contributed by atoms with E-state index in [1.807, 2.05) is 0 Å². The number of aliphatic hydroxyl groups is 1. The Kier molecular flexibility index (Phi) is 34.2. The van der Waals surface area contributed by atoms with Crippen molar-refractivity contribution in [3.8, 4) is 0 Å². The largest absolute Gasteiger partial charge is 0.391 e. The highest BCUT2D eigenvalue weighted by Crippen LogP contribution is 2.08. The molecule has 1 fully saturated rings. The van der Waals surface area contributed by atoms with E-state index in [0.717, 1.165) is 6.92 Å². The summed E-state index contributed by atoms with van der Waals surface area (Å²) in [6, 6.07) is -19.5. The normalized spacial score (nSPS) is 17.8. The lowest BCUT2D eigenvalue weighted by Gasteiger charge is -2.27. The summed E-state index contributed by atoms with van der Waals surface area (Å²) in [7, 11) is 0. The third-order valence-corrected chi connectivity index (χ3v) is 14.2. The van der Waals surface area contributed by atoms with Crippen LogP contribution in [0.3, 0.4) is 0 Å². The van der Waals surface area contributed by atoms with Gasteiger partial charge in [0.25, 0.3) is 0 Å². The van der Waals surface area contributed by atoms with Crippen molar-refractivity contribution in [2.24, 2.45) is 11.5 Å². The SMILES string of the molecule is C[C@H](NC(=O)[C@H](C)NC(=O)[C@H](C)NC(=O)[C@H](CS)NC(=O)[C@H](C)NC(=O)[C@H](C)NC(=O)[C@H](CS)NC(=O)[C@@H](NC(=O)[C@H](CC(N)=O)NC(=O)[C@@H]1CCCN1)[C@@H](C)O)C(=O)N[C@@H](C)C(=O)N[C@@H](CS)C(=O)N[C@@H](C)C(=O)N[C@@H](C)C(=O)N[C@@H](CS)C(N)=O. The summed E-state index contributed by atoms with van der Waals surface area (Å²) < 4.78 is 0. The molecule has 38 heteroatoms. The van der Waals surface area contributed by atoms with Crippen LogP contribution in [0.25, 0.3) is 0 Å². The van der Waals surface area contributed by atoms with Crippen LogP contribution in [-0.4, -0.2) is 226 Å². The van der Waals surface area contributed by atoms with Crippen molar-refractivity contribution in [3.05, 3.63) is 0 Å². The smallest absolute Gasteiger partial charge is 0.245 e. The van der Waals surface area contributed by atoms with Crippen molar-refractivity contribution in [1.29, 1.82) is 0 Å². The number of rotatable bonds is 36. The highest BCUT2D eigenvalue weighted by Gasteiger charge is 2.36. The lowest BCUT2D eigenvalue weighted by molar-refractivity contribution is -0.137. The number of hydrogen-bond acceptors (Lipinski definition) is 22. The molecule has 20 N–H and O–H groups in total. The third-order valence-electron chi connectivity index (χ3n) is 12.8. The van der Waals surface area contributed by atoms with E-state index in [-0.39, 0.29) is 23.0 Å². The molecule has 0 radical (unpaired) electrons. The molecule has 1 aliphatic heterocycles. The number of carbonyl (C=O) groups excluding carboxylic acids is 16. The van der Waals surface area contributed by atoms with Crippen molar-refractivity contribution in [3.63, 3.8) is 0 Å². The molecule has 0 spiro atoms. The van der Waals surface area contributed by atoms with Crippen LogP contribution in [-0.2, 0) is 76.7 Å². The van der Waals surface area contributed by atoms with Gasteiger partial charge in [0.1, 0.15) is 84.6 Å². The molecule has 0 aromatic rings. The number of nitrogens with one attached hydrogen (secondary N) is 15. The number of thiol groups is 4. The average molecular weight is 1310 g/mol. The summed E-state index contributed by atoms with van der Waals surface area (Å²) >= 11 is 16.2. The molecule has 1 saturated heterocycles. The van der Waals surface area contributed by atoms with Crippen LogP contribution in [0.5, 0.6) is 0 Å². The number of hydrogen-bond donors (Lipinski definition) is 22. The van der Waals surface area contributed by atoms with E-state index in [2.05, 4.69) is 130 Å². The quantitative estimate of drug-likeness (QED) is 0.0259. The second kappa shape index (κ2) is 38.2. The van der Waals surface area contributed by atoms with Gasteiger partial charge in [-0.2, -0.15) is 50.5 Å². The number of aliphatic hydroxyl groups excluding tert-OH is 1. The molecule has 0 bridgehead atoms. The Morgan fingerprint density at radius 1 is 0.379 bits per heavy atom. The van der Waals surface area contributed by atoms with Crippen molar-refractivity contribution in [2.45, 2.75) is 178 Å². The molecule has 16 amide bonds. The molecule has 1 heterocycles. The first-order valence-electron chi connectivity index (χ1n) is 27.2. The molecule has 0 aromatic carbocycles. The highest BCUT2D eigenvalue weighted by molar-refractivity contribution is 7.80. The molecule has 0 saturated carbocycles. The van der Waals surface area contributed by atoms with E-state index < -0.39 is 198 Å². The molecule has 34 nitrogen and oxygen atoms in total. The lowest BCUT2D eigenvalue weighted by atomic mass is 10.1. The molecule has 490 valence electrons. The Morgan fingerprint density at radius 3 is 0.897 bits per heavy atom. The summed E-state index contributed by atoms with van der Waals surface area (Å²) in [4.78, 5) is 205. The number of amides is 16. The van der Waals surface area contributed by atoms with Crippen LogP contribution >= 0.6 is 50.5 Å². The maximum absolute atomic E-state index is 13.3. The third kappa shape index (κ3) is 26.8. The first kappa shape index (κ1) is 77.9. The number of nitrogens with two attached hydrogens (primary N) is 2. The van der Waals surface area contributed by atoms with Gasteiger partial charge in [-0.1, -0.05) is 0 Å². The van der Waals surface area contributed by atoms with Gasteiger partial charge in [-0.15, -0.1) is 0 Å². The summed E-state index contributed by atoms with van der Waals surface area (Å²) in [6.45, 7) is 11.9. The zero-order valence-electron chi connectivity index (χ0n) is 49.3. The summed E-state index contributed by atoms with van der Waals surface area (Å²) in [5, 5.41) is 46.3. The van der Waals surface area contributed by atoms with Gasteiger partial charge in [0.2, 0.25) is 94.5 Å². The molecule has 87 heavy (non-hydrogen) atoms. The summed E-state index contributed by atoms with van der Waals surface area (Å²) in [5.74, 6) is -15.1. The molecular weight excluding hydrogens is 1230 g/mol. The van der Waals surface area contributed by atoms with E-state index >= 15 is 0 Å². The van der Waals surface area contributed by atoms with Crippen LogP contribution in [0, 0.1) is 0 Å². The number of carbonyl (C=O) groups is 16. The first-order chi connectivity index (χ1) is 40.5. The van der Waals surface area contributed by atoms with Crippen LogP contribution < -0.4 is 91.2 Å². The monoisotopic (exact) mass is 1310 g/mol. The van der Waals surface area contributed by atoms with Crippen molar-refractivity contribution < 1.29 is 81.8 Å². The Hall–Kier alpha value is -7.16. The van der Waals surface area contributed by atoms with Crippen molar-refractivity contribution in [2.75, 3.05) is 29.6 Å². The van der Waals surface area contributed by atoms with Gasteiger partial charge in [0.15, 0.2) is 0 Å². The maximum Gasteiger partial charge on any atom is 0.245 e. The molecule has 0 unspecified atom stereocenters. The van der Waals surface area contributed by atoms with Gasteiger partial charge in [0.05, 0.1) is 18.6 Å². The van der Waals surface area contributed by atoms with E-state index in [1.165, 1.54) is 55.4 Å². The van der Waals surface area contributed by atoms with Gasteiger partial charge in [-0.3, -0.25) is 76.7 Å². The van der Waals surface area contributed by atoms with Crippen LogP contribution in [0.2, 0.25) is 0 Å². The fourth-order valence-electron chi connectivity index (χ4n) is 7.35. The Bertz CT molecular complexity index is 2530. The van der Waals surface area contributed by atoms with E-state index in [4.69, 9.17) is 11.5 Å². The molecule has 16 atom stereocenters. The average Bonchev–Trinajstić information content (AvgIpc) is 4.23. The van der Waals surface area contributed by atoms with E-state index in [9.17, 15) is 81.8 Å². The molecular formula is C49H83N17O17S4. The number of primary amides is 2. The fourth-order valence-corrected chi connectivity index (χ4v) is 8.39. The van der Waals surface area contributed by atoms with Gasteiger partial charge >= 0.3 is 0 Å². The molecule has 0 aliphatic carbocycles. The Labute approximate surface area is 523 Å². The van der Waals surface area contributed by atoms with Crippen LogP contribution in [0.1, 0.15) is 81.6 Å². The Balaban J connectivity index is 2.73. The van der Waals surface area contributed by atoms with Crippen molar-refractivity contribution >= 4 is 145 Å². The predicted molar refractivity (Wildman–Crippen MR) is 324 cm³/mol. The topological polar surface area (TPSA) is 526 Å². The molecule has 1 aliphatic rings. The first-order valence-corrected chi connectivity index (χ1v) is 29.7. The fraction of sp³-hybridized carbons (Fsp3) is 0.673. The zero-order chi connectivity index (χ0) is 66.7. The van der Waals surface area contributed by atoms with Crippen LogP contribution in [0.15, 0.2) is 0 Å². The molecule has 0 aromatic heterocycles. The Morgan fingerprint density at radius 2 is 0.644 bits per heavy atom. The summed E-state index contributed by atoms with van der Waals surface area (Å²) in [5.41, 5.74) is 10.5. The minimum absolute atomic E-state index is 0.0930. The van der Waals surface area contributed by atoms with Gasteiger partial charge < -0.3 is 96.3 Å². The lowest BCUT2D eigenvalue weighted by Crippen LogP contribution is -2.62. The predicted octanol–water partition coefficient (Wildman–Crippen LogP) is -9.85. The second-order valence-electron chi connectivity index (χ2n) is 20.3. The van der Waals surface area contributed by atoms with Gasteiger partial charge in [0, 0.05) is 23.0 Å². The van der Waals surface area contributed by atoms with Gasteiger partial charge in [-0.05, 0) is 81.7 Å². The van der Waals surface area contributed by atoms with Gasteiger partial charge in [-0.25, -0.2) is 0 Å². The van der Waals surface area contributed by atoms with E-state index in [0.29, 0.717) is 19.4 Å². The minimum Gasteiger partial charge on any atom is -0.391 e. The minimum atomic E-state index is -1.72. The summed E-state index contributed by atoms with van der Waals surface area (Å²) in [6.07, 6.45) is -1.06. The molecule has 1 rings (SSSR count). The van der Waals surface area contributed by atoms with Crippen molar-refractivity contribution in [1.82, 2.24) is 79.8 Å². The highest BCUT2D eigenvalue weighted by atomic mass is 32.1. The standard InChI is InChI=1S/C49H83N17O17S4/c1-18(36(70)53-19(2)37(71)56-24(7)42(76)63-31(16-86)47(81)59-21(4)39(73)55-23(6)41(75)62-29(14-84)35(51)69)54-38(72)20(3)58-46(80)30(15-85)64-43(77)25(8)57-40(74)22(5)60-48(82)32(17-87)65-49(83)34(26(9)67)66-45(79)28(13-33(50)68)61-44(78)27-11-10-12-52-27/h18-32,34,52,67,84-87H,10-17H2,1-9H3,(H2,50,68)(H2,51,69)(H,53,70)(H,54,72)(H,55,73)(H,56,71)(H,57,74)(H,58,80)(H,59,81)(H,60,82)(H,61,78)(H,62,75)(H,63,76)(H,64,77)(H,65,83)(H,66,79)/t18-,19-,20-,21-,22-,23-,24-,25-,26+,27-,28-,29-,30-,31-,32-,34-/m0/s1. The maximum atomic E-state index is 13.3.